The third-order valence-electron chi connectivity index (χ3n) is 2.68. The third kappa shape index (κ3) is 4.88. The summed E-state index contributed by atoms with van der Waals surface area (Å²) in [5.74, 6) is -1.04. The van der Waals surface area contributed by atoms with E-state index in [0.717, 1.165) is 19.3 Å². The molecule has 20 heavy (non-hydrogen) atoms. The molecule has 0 amide bonds. The first-order valence-corrected chi connectivity index (χ1v) is 6.74. The average Bonchev–Trinajstić information content (AvgIpc) is 2.49. The van der Waals surface area contributed by atoms with Gasteiger partial charge in [0, 0.05) is 0 Å². The monoisotopic (exact) mass is 276 g/mol. The highest BCUT2D eigenvalue weighted by atomic mass is 16.5. The van der Waals surface area contributed by atoms with Gasteiger partial charge in [0.25, 0.3) is 0 Å². The predicted octanol–water partition coefficient (Wildman–Crippen LogP) is 3.38. The molecule has 108 valence electrons. The normalized spacial score (nSPS) is 9.85. The first-order valence-electron chi connectivity index (χ1n) is 6.74. The second-order valence-corrected chi connectivity index (χ2v) is 4.28. The Balaban J connectivity index is 2.71. The van der Waals surface area contributed by atoms with Crippen LogP contribution in [0.1, 0.15) is 46.9 Å². The summed E-state index contributed by atoms with van der Waals surface area (Å²) in [4.78, 5) is 23.8. The van der Waals surface area contributed by atoms with Gasteiger partial charge in [-0.1, -0.05) is 44.6 Å². The fourth-order valence-electron chi connectivity index (χ4n) is 1.65. The minimum absolute atomic E-state index is 0.110. The maximum absolute atomic E-state index is 12.0. The molecule has 0 aliphatic rings. The van der Waals surface area contributed by atoms with Crippen LogP contribution in [0.3, 0.4) is 0 Å². The van der Waals surface area contributed by atoms with Crippen molar-refractivity contribution in [2.45, 2.75) is 26.2 Å². The molecule has 1 aromatic rings. The van der Waals surface area contributed by atoms with E-state index in [0.29, 0.717) is 6.61 Å². The van der Waals surface area contributed by atoms with Gasteiger partial charge in [-0.2, -0.15) is 0 Å². The van der Waals surface area contributed by atoms with Crippen molar-refractivity contribution in [3.63, 3.8) is 0 Å². The number of ether oxygens (including phenoxy) is 2. The van der Waals surface area contributed by atoms with E-state index >= 15 is 0 Å². The average molecular weight is 276 g/mol. The number of carbonyl (C=O) groups is 2. The smallest absolute Gasteiger partial charge is 0.339 e. The number of carbonyl (C=O) groups excluding carboxylic acids is 2. The zero-order valence-electron chi connectivity index (χ0n) is 11.8. The van der Waals surface area contributed by atoms with E-state index in [-0.39, 0.29) is 17.7 Å². The largest absolute Gasteiger partial charge is 0.462 e. The van der Waals surface area contributed by atoms with Gasteiger partial charge in [-0.3, -0.25) is 0 Å². The van der Waals surface area contributed by atoms with Crippen molar-refractivity contribution in [1.29, 1.82) is 0 Å². The first-order chi connectivity index (χ1) is 9.70. The molecule has 0 aromatic heterocycles. The number of benzene rings is 1. The van der Waals surface area contributed by atoms with Gasteiger partial charge in [0.2, 0.25) is 0 Å². The van der Waals surface area contributed by atoms with Crippen LogP contribution in [-0.4, -0.2) is 25.2 Å². The highest BCUT2D eigenvalue weighted by Gasteiger charge is 2.18. The van der Waals surface area contributed by atoms with Gasteiger partial charge in [0.15, 0.2) is 0 Å². The number of unbranched alkanes of at least 4 members (excludes halogenated alkanes) is 2. The summed E-state index contributed by atoms with van der Waals surface area (Å²) in [6.45, 7) is 6.02. The standard InChI is InChI=1S/C16H20O4/c1-3-5-8-12-20-16(18)14-10-7-6-9-13(14)15(17)19-11-4-2/h4,6-7,9-10H,2-3,5,8,11-12H2,1H3. The Labute approximate surface area is 119 Å². The molecule has 0 fully saturated rings. The molecule has 0 aliphatic carbocycles. The number of rotatable bonds is 8. The minimum Gasteiger partial charge on any atom is -0.462 e. The molecule has 1 rings (SSSR count). The number of esters is 2. The maximum atomic E-state index is 12.0. The summed E-state index contributed by atoms with van der Waals surface area (Å²) in [6, 6.07) is 6.48. The van der Waals surface area contributed by atoms with Crippen LogP contribution in [0.15, 0.2) is 36.9 Å². The number of hydrogen-bond donors (Lipinski definition) is 0. The summed E-state index contributed by atoms with van der Waals surface area (Å²) in [5, 5.41) is 0. The fourth-order valence-corrected chi connectivity index (χ4v) is 1.65. The van der Waals surface area contributed by atoms with Crippen LogP contribution in [-0.2, 0) is 9.47 Å². The third-order valence-corrected chi connectivity index (χ3v) is 2.68. The Hall–Kier alpha value is -2.10. The molecule has 1 aromatic carbocycles. The zero-order chi connectivity index (χ0) is 14.8. The second kappa shape index (κ2) is 8.91. The molecular weight excluding hydrogens is 256 g/mol. The minimum atomic E-state index is -0.550. The Morgan fingerprint density at radius 2 is 1.70 bits per heavy atom. The fraction of sp³-hybridized carbons (Fsp3) is 0.375. The zero-order valence-corrected chi connectivity index (χ0v) is 11.8. The predicted molar refractivity (Wildman–Crippen MR) is 76.7 cm³/mol. The molecule has 0 spiro atoms. The van der Waals surface area contributed by atoms with Gasteiger partial charge in [-0.15, -0.1) is 0 Å². The molecule has 0 saturated heterocycles. The molecule has 0 aliphatic heterocycles. The summed E-state index contributed by atoms with van der Waals surface area (Å²) in [7, 11) is 0. The lowest BCUT2D eigenvalue weighted by molar-refractivity contribution is 0.0470. The Kier molecular flexibility index (Phi) is 7.11. The lowest BCUT2D eigenvalue weighted by Gasteiger charge is -2.08. The lowest BCUT2D eigenvalue weighted by Crippen LogP contribution is -2.14. The molecule has 4 nitrogen and oxygen atoms in total. The van der Waals surface area contributed by atoms with Gasteiger partial charge < -0.3 is 9.47 Å². The highest BCUT2D eigenvalue weighted by molar-refractivity contribution is 6.03. The molecule has 0 atom stereocenters. The Morgan fingerprint density at radius 1 is 1.10 bits per heavy atom. The van der Waals surface area contributed by atoms with E-state index in [1.54, 1.807) is 24.3 Å². The Bertz CT molecular complexity index is 465. The van der Waals surface area contributed by atoms with Gasteiger partial charge in [-0.25, -0.2) is 9.59 Å². The molecule has 0 heterocycles. The molecule has 0 N–H and O–H groups in total. The van der Waals surface area contributed by atoms with Crippen LogP contribution in [0.25, 0.3) is 0 Å². The van der Waals surface area contributed by atoms with Gasteiger partial charge in [0.05, 0.1) is 17.7 Å². The van der Waals surface area contributed by atoms with Crippen LogP contribution in [0.4, 0.5) is 0 Å². The molecule has 4 heteroatoms. The SMILES string of the molecule is C=CCOC(=O)c1ccccc1C(=O)OCCCCC. The topological polar surface area (TPSA) is 52.6 Å². The van der Waals surface area contributed by atoms with E-state index in [9.17, 15) is 9.59 Å². The second-order valence-electron chi connectivity index (χ2n) is 4.28. The summed E-state index contributed by atoms with van der Waals surface area (Å²) in [5.41, 5.74) is 0.452. The Morgan fingerprint density at radius 3 is 2.25 bits per heavy atom. The van der Waals surface area contributed by atoms with E-state index in [4.69, 9.17) is 9.47 Å². The molecule has 0 radical (unpaired) electrons. The van der Waals surface area contributed by atoms with Gasteiger partial charge >= 0.3 is 11.9 Å². The van der Waals surface area contributed by atoms with Crippen molar-refractivity contribution in [1.82, 2.24) is 0 Å². The van der Waals surface area contributed by atoms with Crippen molar-refractivity contribution in [2.24, 2.45) is 0 Å². The maximum Gasteiger partial charge on any atom is 0.339 e. The van der Waals surface area contributed by atoms with Crippen LogP contribution < -0.4 is 0 Å². The lowest BCUT2D eigenvalue weighted by atomic mass is 10.1. The molecule has 0 saturated carbocycles. The molecular formula is C16H20O4. The first kappa shape index (κ1) is 16.0. The van der Waals surface area contributed by atoms with E-state index in [1.165, 1.54) is 6.08 Å². The highest BCUT2D eigenvalue weighted by Crippen LogP contribution is 2.12. The van der Waals surface area contributed by atoms with Crippen molar-refractivity contribution in [2.75, 3.05) is 13.2 Å². The number of hydrogen-bond acceptors (Lipinski definition) is 4. The van der Waals surface area contributed by atoms with Crippen LogP contribution in [0.5, 0.6) is 0 Å². The van der Waals surface area contributed by atoms with Gasteiger partial charge in [0.1, 0.15) is 6.61 Å². The van der Waals surface area contributed by atoms with E-state index in [1.807, 2.05) is 0 Å². The van der Waals surface area contributed by atoms with Crippen LogP contribution in [0, 0.1) is 0 Å². The van der Waals surface area contributed by atoms with Crippen molar-refractivity contribution in [3.8, 4) is 0 Å². The quantitative estimate of drug-likeness (QED) is 0.415. The van der Waals surface area contributed by atoms with Crippen molar-refractivity contribution >= 4 is 11.9 Å². The van der Waals surface area contributed by atoms with Crippen molar-refractivity contribution < 1.29 is 19.1 Å². The molecule has 0 unspecified atom stereocenters. The van der Waals surface area contributed by atoms with Crippen LogP contribution in [0.2, 0.25) is 0 Å². The van der Waals surface area contributed by atoms with E-state index in [2.05, 4.69) is 13.5 Å². The molecule has 0 bridgehead atoms. The van der Waals surface area contributed by atoms with Gasteiger partial charge in [-0.05, 0) is 18.6 Å². The van der Waals surface area contributed by atoms with Crippen LogP contribution >= 0.6 is 0 Å². The van der Waals surface area contributed by atoms with E-state index < -0.39 is 11.9 Å². The summed E-state index contributed by atoms with van der Waals surface area (Å²) < 4.78 is 10.1. The van der Waals surface area contributed by atoms with Crippen molar-refractivity contribution in [3.05, 3.63) is 48.0 Å². The summed E-state index contributed by atoms with van der Waals surface area (Å²) >= 11 is 0. The summed E-state index contributed by atoms with van der Waals surface area (Å²) in [6.07, 6.45) is 4.37.